The zero-order chi connectivity index (χ0) is 17.3. The van der Waals surface area contributed by atoms with Gasteiger partial charge in [-0.3, -0.25) is 4.99 Å². The zero-order valence-corrected chi connectivity index (χ0v) is 18.5. The summed E-state index contributed by atoms with van der Waals surface area (Å²) in [5.41, 5.74) is 2.45. The Morgan fingerprint density at radius 1 is 1.25 bits per heavy atom. The van der Waals surface area contributed by atoms with E-state index in [0.717, 1.165) is 0 Å². The predicted octanol–water partition coefficient (Wildman–Crippen LogP) is 1.94. The van der Waals surface area contributed by atoms with E-state index in [1.165, 1.54) is 16.0 Å². The van der Waals surface area contributed by atoms with Gasteiger partial charge in [-0.1, -0.05) is 12.1 Å². The number of thioether (sulfide) groups is 1. The fourth-order valence-corrected chi connectivity index (χ4v) is 3.21. The molecule has 0 saturated carbocycles. The predicted molar refractivity (Wildman–Crippen MR) is 114 cm³/mol. The molecule has 3 N–H and O–H groups in total. The van der Waals surface area contributed by atoms with Gasteiger partial charge in [-0.05, 0) is 37.3 Å². The number of guanidine groups is 1. The Morgan fingerprint density at radius 3 is 2.54 bits per heavy atom. The van der Waals surface area contributed by atoms with Gasteiger partial charge < -0.3 is 10.6 Å². The van der Waals surface area contributed by atoms with Crippen LogP contribution in [0, 0.1) is 6.92 Å². The van der Waals surface area contributed by atoms with Gasteiger partial charge in [0.2, 0.25) is 10.0 Å². The van der Waals surface area contributed by atoms with E-state index < -0.39 is 10.0 Å². The van der Waals surface area contributed by atoms with Gasteiger partial charge in [0, 0.05) is 31.6 Å². The Bertz CT molecular complexity index is 636. The second kappa shape index (κ2) is 11.9. The highest BCUT2D eigenvalue weighted by atomic mass is 127. The molecule has 0 amide bonds. The average molecular weight is 486 g/mol. The number of halogens is 1. The minimum absolute atomic E-state index is 0. The normalized spacial score (nSPS) is 11.8. The lowest BCUT2D eigenvalue weighted by Gasteiger charge is -2.14. The highest BCUT2D eigenvalue weighted by molar-refractivity contribution is 14.0. The summed E-state index contributed by atoms with van der Waals surface area (Å²) in [6.45, 7) is 5.16. The molecule has 0 spiro atoms. The van der Waals surface area contributed by atoms with Crippen molar-refractivity contribution in [3.8, 4) is 0 Å². The number of nitrogens with zero attached hydrogens (tertiary/aromatic N) is 1. The lowest BCUT2D eigenvalue weighted by atomic mass is 10.1. The molecule has 0 heterocycles. The third-order valence-corrected chi connectivity index (χ3v) is 5.46. The van der Waals surface area contributed by atoms with Crippen LogP contribution in [0.25, 0.3) is 0 Å². The van der Waals surface area contributed by atoms with Gasteiger partial charge >= 0.3 is 0 Å². The maximum Gasteiger partial charge on any atom is 0.211 e. The first-order valence-electron chi connectivity index (χ1n) is 7.47. The first kappa shape index (κ1) is 23.5. The van der Waals surface area contributed by atoms with Crippen molar-refractivity contribution < 1.29 is 8.42 Å². The summed E-state index contributed by atoms with van der Waals surface area (Å²) in [5.74, 6) is 0.735. The van der Waals surface area contributed by atoms with Gasteiger partial charge in [0.1, 0.15) is 0 Å². The lowest BCUT2D eigenvalue weighted by molar-refractivity contribution is 0.582. The van der Waals surface area contributed by atoms with Crippen LogP contribution in [0.1, 0.15) is 18.1 Å². The number of sulfonamides is 1. The molecule has 1 rings (SSSR count). The molecule has 0 aliphatic carbocycles. The largest absolute Gasteiger partial charge is 0.355 e. The molecule has 24 heavy (non-hydrogen) atoms. The van der Waals surface area contributed by atoms with Crippen molar-refractivity contribution in [3.63, 3.8) is 0 Å². The Hall–Kier alpha value is -0.520. The van der Waals surface area contributed by atoms with Gasteiger partial charge in [-0.25, -0.2) is 13.1 Å². The van der Waals surface area contributed by atoms with Crippen molar-refractivity contribution in [2.45, 2.75) is 25.3 Å². The van der Waals surface area contributed by atoms with Crippen LogP contribution in [-0.2, 0) is 16.6 Å². The zero-order valence-electron chi connectivity index (χ0n) is 14.5. The average Bonchev–Trinajstić information content (AvgIpc) is 2.55. The SMILES string of the molecule is CCS(=O)(=O)NCCNC(=NC)NCc1ccc(C)cc1SC.I. The third kappa shape index (κ3) is 8.54. The van der Waals surface area contributed by atoms with Gasteiger partial charge in [0.25, 0.3) is 0 Å². The summed E-state index contributed by atoms with van der Waals surface area (Å²) in [6.07, 6.45) is 2.06. The van der Waals surface area contributed by atoms with E-state index >= 15 is 0 Å². The summed E-state index contributed by atoms with van der Waals surface area (Å²) in [4.78, 5) is 5.38. The van der Waals surface area contributed by atoms with Crippen LogP contribution in [0.15, 0.2) is 28.1 Å². The van der Waals surface area contributed by atoms with Gasteiger partial charge in [-0.15, -0.1) is 35.7 Å². The van der Waals surface area contributed by atoms with Crippen molar-refractivity contribution in [2.75, 3.05) is 32.1 Å². The van der Waals surface area contributed by atoms with Crippen LogP contribution in [0.5, 0.6) is 0 Å². The number of nitrogens with one attached hydrogen (secondary N) is 3. The number of hydrogen-bond donors (Lipinski definition) is 3. The Morgan fingerprint density at radius 2 is 1.96 bits per heavy atom. The number of hydrogen-bond acceptors (Lipinski definition) is 4. The Labute approximate surface area is 166 Å². The van der Waals surface area contributed by atoms with Crippen LogP contribution in [-0.4, -0.2) is 46.5 Å². The van der Waals surface area contributed by atoms with E-state index in [9.17, 15) is 8.42 Å². The molecular weight excluding hydrogens is 459 g/mol. The van der Waals surface area contributed by atoms with Crippen LogP contribution in [0.4, 0.5) is 0 Å². The second-order valence-electron chi connectivity index (χ2n) is 4.97. The smallest absolute Gasteiger partial charge is 0.211 e. The third-order valence-electron chi connectivity index (χ3n) is 3.23. The molecule has 0 unspecified atom stereocenters. The molecule has 1 aromatic rings. The first-order chi connectivity index (χ1) is 10.9. The minimum atomic E-state index is -3.15. The van der Waals surface area contributed by atoms with Crippen molar-refractivity contribution in [1.29, 1.82) is 0 Å². The maximum absolute atomic E-state index is 11.3. The van der Waals surface area contributed by atoms with Crippen molar-refractivity contribution in [3.05, 3.63) is 29.3 Å². The summed E-state index contributed by atoms with van der Waals surface area (Å²) in [7, 11) is -1.45. The molecule has 0 bridgehead atoms. The fourth-order valence-electron chi connectivity index (χ4n) is 1.89. The standard InChI is InChI=1S/C15H26N4O2S2.HI/c1-5-23(20,21)19-9-8-17-15(16-3)18-11-13-7-6-12(2)10-14(13)22-4;/h6-7,10,19H,5,8-9,11H2,1-4H3,(H2,16,17,18);1H. The first-order valence-corrected chi connectivity index (χ1v) is 10.3. The van der Waals surface area contributed by atoms with E-state index in [2.05, 4.69) is 51.7 Å². The second-order valence-corrected chi connectivity index (χ2v) is 7.91. The number of aryl methyl sites for hydroxylation is 1. The van der Waals surface area contributed by atoms with Gasteiger partial charge in [0.05, 0.1) is 5.75 Å². The van der Waals surface area contributed by atoms with Crippen molar-refractivity contribution in [2.24, 2.45) is 4.99 Å². The van der Waals surface area contributed by atoms with E-state index in [1.807, 2.05) is 0 Å². The molecule has 0 aromatic heterocycles. The van der Waals surface area contributed by atoms with Crippen LogP contribution in [0.3, 0.4) is 0 Å². The molecule has 0 atom stereocenters. The van der Waals surface area contributed by atoms with E-state index in [4.69, 9.17) is 0 Å². The molecule has 6 nitrogen and oxygen atoms in total. The van der Waals surface area contributed by atoms with Crippen LogP contribution in [0.2, 0.25) is 0 Å². The van der Waals surface area contributed by atoms with E-state index in [0.29, 0.717) is 25.6 Å². The topological polar surface area (TPSA) is 82.6 Å². The highest BCUT2D eigenvalue weighted by Gasteiger charge is 2.06. The summed E-state index contributed by atoms with van der Waals surface area (Å²) in [5, 5.41) is 6.33. The lowest BCUT2D eigenvalue weighted by Crippen LogP contribution is -2.41. The molecule has 9 heteroatoms. The Balaban J connectivity index is 0.00000529. The van der Waals surface area contributed by atoms with Crippen molar-refractivity contribution in [1.82, 2.24) is 15.4 Å². The number of benzene rings is 1. The fraction of sp³-hybridized carbons (Fsp3) is 0.533. The number of rotatable bonds is 8. The van der Waals surface area contributed by atoms with Crippen molar-refractivity contribution >= 4 is 51.7 Å². The maximum atomic E-state index is 11.3. The van der Waals surface area contributed by atoms with Gasteiger partial charge in [-0.2, -0.15) is 0 Å². The molecule has 0 aliphatic heterocycles. The minimum Gasteiger partial charge on any atom is -0.355 e. The van der Waals surface area contributed by atoms with E-state index in [1.54, 1.807) is 25.7 Å². The summed E-state index contributed by atoms with van der Waals surface area (Å²) in [6, 6.07) is 6.36. The molecule has 0 radical (unpaired) electrons. The molecule has 138 valence electrons. The van der Waals surface area contributed by atoms with E-state index in [-0.39, 0.29) is 29.7 Å². The summed E-state index contributed by atoms with van der Waals surface area (Å²) >= 11 is 1.72. The molecule has 0 fully saturated rings. The molecular formula is C15H27IN4O2S2. The number of aliphatic imine (C=N–C) groups is 1. The molecule has 0 saturated heterocycles. The Kier molecular flexibility index (Phi) is 11.7. The molecule has 0 aliphatic rings. The monoisotopic (exact) mass is 486 g/mol. The van der Waals surface area contributed by atoms with Crippen LogP contribution < -0.4 is 15.4 Å². The molecule has 1 aromatic carbocycles. The summed E-state index contributed by atoms with van der Waals surface area (Å²) < 4.78 is 25.2. The highest BCUT2D eigenvalue weighted by Crippen LogP contribution is 2.21. The van der Waals surface area contributed by atoms with Crippen LogP contribution >= 0.6 is 35.7 Å². The quantitative estimate of drug-likeness (QED) is 0.172. The van der Waals surface area contributed by atoms with Gasteiger partial charge in [0.15, 0.2) is 5.96 Å².